The summed E-state index contributed by atoms with van der Waals surface area (Å²) in [5.74, 6) is 0.273. The van der Waals surface area contributed by atoms with Gasteiger partial charge in [0.1, 0.15) is 11.0 Å². The van der Waals surface area contributed by atoms with E-state index >= 15 is 0 Å². The number of hydrogen-bond donors (Lipinski definition) is 3. The van der Waals surface area contributed by atoms with Crippen molar-refractivity contribution in [2.75, 3.05) is 10.6 Å². The molecule has 0 unspecified atom stereocenters. The summed E-state index contributed by atoms with van der Waals surface area (Å²) < 4.78 is 0. The molecule has 0 saturated heterocycles. The van der Waals surface area contributed by atoms with E-state index in [0.717, 1.165) is 22.2 Å². The molecule has 1 aromatic carbocycles. The summed E-state index contributed by atoms with van der Waals surface area (Å²) in [5.41, 5.74) is 3.02. The average molecular weight is 312 g/mol. The molecule has 4 rings (SSSR count). The molecule has 2 aromatic heterocycles. The molecule has 1 aliphatic heterocycles. The number of amides is 1. The normalized spacial score (nSPS) is 15.1. The minimum absolute atomic E-state index is 0.208. The first kappa shape index (κ1) is 12.8. The van der Waals surface area contributed by atoms with Crippen LogP contribution in [0.2, 0.25) is 5.15 Å². The maximum atomic E-state index is 12.0. The van der Waals surface area contributed by atoms with Crippen molar-refractivity contribution in [3.05, 3.63) is 53.4 Å². The number of benzene rings is 1. The van der Waals surface area contributed by atoms with Crippen molar-refractivity contribution in [2.45, 2.75) is 0 Å². The Labute approximate surface area is 130 Å². The number of hydrogen-bond acceptors (Lipinski definition) is 4. The number of aromatic nitrogens is 3. The fourth-order valence-corrected chi connectivity index (χ4v) is 2.52. The lowest BCUT2D eigenvalue weighted by Gasteiger charge is -2.02. The van der Waals surface area contributed by atoms with Crippen LogP contribution >= 0.6 is 11.6 Å². The third kappa shape index (κ3) is 2.10. The van der Waals surface area contributed by atoms with Gasteiger partial charge in [-0.25, -0.2) is 4.98 Å². The van der Waals surface area contributed by atoms with Gasteiger partial charge in [0.25, 0.3) is 5.91 Å². The highest BCUT2D eigenvalue weighted by molar-refractivity contribution is 6.33. The lowest BCUT2D eigenvalue weighted by Crippen LogP contribution is -2.05. The van der Waals surface area contributed by atoms with Crippen molar-refractivity contribution < 1.29 is 4.79 Å². The Bertz CT molecular complexity index is 931. The van der Waals surface area contributed by atoms with Crippen molar-refractivity contribution in [3.63, 3.8) is 0 Å². The Morgan fingerprint density at radius 2 is 2.14 bits per heavy atom. The second-order valence-corrected chi connectivity index (χ2v) is 5.25. The standard InChI is InChI=1S/C15H10ClN5O/c16-13-4-3-10-11(15(22)20-14(10)19-13)7-17-9-2-1-8-6-18-21-12(8)5-9/h1-7,17H,(H,18,21)(H,19,20,22)/b11-7-. The van der Waals surface area contributed by atoms with Gasteiger partial charge < -0.3 is 10.6 Å². The van der Waals surface area contributed by atoms with Crippen LogP contribution in [0.1, 0.15) is 5.56 Å². The molecule has 1 aliphatic rings. The van der Waals surface area contributed by atoms with E-state index in [-0.39, 0.29) is 5.91 Å². The quantitative estimate of drug-likeness (QED) is 0.502. The van der Waals surface area contributed by atoms with E-state index in [1.807, 2.05) is 18.2 Å². The first-order valence-corrected chi connectivity index (χ1v) is 6.96. The third-order valence-corrected chi connectivity index (χ3v) is 3.66. The molecule has 3 N–H and O–H groups in total. The van der Waals surface area contributed by atoms with Crippen LogP contribution in [0, 0.1) is 0 Å². The first-order valence-electron chi connectivity index (χ1n) is 6.59. The van der Waals surface area contributed by atoms with Crippen LogP contribution in [0.5, 0.6) is 0 Å². The second-order valence-electron chi connectivity index (χ2n) is 4.86. The Hall–Kier alpha value is -2.86. The highest BCUT2D eigenvalue weighted by atomic mass is 35.5. The number of fused-ring (bicyclic) bond motifs is 2. The van der Waals surface area contributed by atoms with Gasteiger partial charge in [0.2, 0.25) is 0 Å². The molecule has 0 aliphatic carbocycles. The molecular formula is C15H10ClN5O. The maximum Gasteiger partial charge on any atom is 0.259 e. The maximum absolute atomic E-state index is 12.0. The molecule has 1 amide bonds. The molecule has 0 spiro atoms. The summed E-state index contributed by atoms with van der Waals surface area (Å²) in [6.45, 7) is 0. The minimum Gasteiger partial charge on any atom is -0.361 e. The predicted molar refractivity (Wildman–Crippen MR) is 85.6 cm³/mol. The van der Waals surface area contributed by atoms with Crippen molar-refractivity contribution in [2.24, 2.45) is 0 Å². The number of aromatic amines is 1. The van der Waals surface area contributed by atoms with Crippen molar-refractivity contribution >= 4 is 45.5 Å². The molecule has 108 valence electrons. The Morgan fingerprint density at radius 3 is 3.05 bits per heavy atom. The zero-order chi connectivity index (χ0) is 15.1. The second kappa shape index (κ2) is 4.85. The Kier molecular flexibility index (Phi) is 2.83. The molecule has 0 atom stereocenters. The number of halogens is 1. The van der Waals surface area contributed by atoms with Crippen LogP contribution in [-0.4, -0.2) is 21.1 Å². The molecular weight excluding hydrogens is 302 g/mol. The van der Waals surface area contributed by atoms with Crippen LogP contribution in [0.15, 0.2) is 42.7 Å². The molecule has 3 heterocycles. The lowest BCUT2D eigenvalue weighted by atomic mass is 10.1. The number of nitrogens with one attached hydrogen (secondary N) is 3. The SMILES string of the molecule is O=C1Nc2nc(Cl)ccc2/C1=C/Nc1ccc2cn[nH]c2c1. The van der Waals surface area contributed by atoms with Crippen molar-refractivity contribution in [1.29, 1.82) is 0 Å². The van der Waals surface area contributed by atoms with Crippen LogP contribution in [0.4, 0.5) is 11.5 Å². The predicted octanol–water partition coefficient (Wildman–Crippen LogP) is 3.02. The molecule has 3 aromatic rings. The fraction of sp³-hybridized carbons (Fsp3) is 0. The number of rotatable bonds is 2. The van der Waals surface area contributed by atoms with E-state index in [2.05, 4.69) is 25.8 Å². The molecule has 6 nitrogen and oxygen atoms in total. The van der Waals surface area contributed by atoms with E-state index in [1.165, 1.54) is 0 Å². The van der Waals surface area contributed by atoms with Crippen LogP contribution in [-0.2, 0) is 4.79 Å². The number of nitrogens with zero attached hydrogens (tertiary/aromatic N) is 2. The van der Waals surface area contributed by atoms with Gasteiger partial charge in [0.15, 0.2) is 0 Å². The number of carbonyl (C=O) groups is 1. The number of H-pyrrole nitrogens is 1. The summed E-state index contributed by atoms with van der Waals surface area (Å²) in [6.07, 6.45) is 3.42. The number of carbonyl (C=O) groups excluding carboxylic acids is 1. The monoisotopic (exact) mass is 311 g/mol. The zero-order valence-corrected chi connectivity index (χ0v) is 12.0. The highest BCUT2D eigenvalue weighted by Crippen LogP contribution is 2.31. The molecule has 0 radical (unpaired) electrons. The summed E-state index contributed by atoms with van der Waals surface area (Å²) in [4.78, 5) is 16.1. The van der Waals surface area contributed by atoms with Crippen LogP contribution in [0.3, 0.4) is 0 Å². The van der Waals surface area contributed by atoms with E-state index in [0.29, 0.717) is 16.5 Å². The summed E-state index contributed by atoms with van der Waals surface area (Å²) in [7, 11) is 0. The number of anilines is 2. The average Bonchev–Trinajstić information content (AvgIpc) is 3.07. The summed E-state index contributed by atoms with van der Waals surface area (Å²) in [6, 6.07) is 9.22. The Morgan fingerprint density at radius 1 is 1.23 bits per heavy atom. The van der Waals surface area contributed by atoms with Crippen molar-refractivity contribution in [3.8, 4) is 0 Å². The first-order chi connectivity index (χ1) is 10.7. The molecule has 0 fully saturated rings. The van der Waals surface area contributed by atoms with Gasteiger partial charge >= 0.3 is 0 Å². The molecule has 22 heavy (non-hydrogen) atoms. The minimum atomic E-state index is -0.208. The largest absolute Gasteiger partial charge is 0.361 e. The molecule has 7 heteroatoms. The fourth-order valence-electron chi connectivity index (χ4n) is 2.37. The number of pyridine rings is 1. The van der Waals surface area contributed by atoms with Gasteiger partial charge in [-0.15, -0.1) is 0 Å². The van der Waals surface area contributed by atoms with Gasteiger partial charge in [0.05, 0.1) is 17.3 Å². The van der Waals surface area contributed by atoms with Gasteiger partial charge in [0, 0.05) is 22.8 Å². The highest BCUT2D eigenvalue weighted by Gasteiger charge is 2.25. The molecule has 0 bridgehead atoms. The van der Waals surface area contributed by atoms with Gasteiger partial charge in [-0.1, -0.05) is 11.6 Å². The van der Waals surface area contributed by atoms with Gasteiger partial charge in [-0.3, -0.25) is 9.89 Å². The van der Waals surface area contributed by atoms with E-state index < -0.39 is 0 Å². The van der Waals surface area contributed by atoms with Crippen LogP contribution in [0.25, 0.3) is 16.5 Å². The molecule has 0 saturated carbocycles. The Balaban J connectivity index is 1.67. The van der Waals surface area contributed by atoms with E-state index in [9.17, 15) is 4.79 Å². The summed E-state index contributed by atoms with van der Waals surface area (Å²) >= 11 is 5.83. The van der Waals surface area contributed by atoms with Crippen LogP contribution < -0.4 is 10.6 Å². The third-order valence-electron chi connectivity index (χ3n) is 3.45. The van der Waals surface area contributed by atoms with Gasteiger partial charge in [-0.2, -0.15) is 5.10 Å². The van der Waals surface area contributed by atoms with E-state index in [1.54, 1.807) is 24.5 Å². The van der Waals surface area contributed by atoms with Gasteiger partial charge in [-0.05, 0) is 30.3 Å². The van der Waals surface area contributed by atoms with Crippen molar-refractivity contribution in [1.82, 2.24) is 15.2 Å². The topological polar surface area (TPSA) is 82.7 Å². The lowest BCUT2D eigenvalue weighted by molar-refractivity contribution is -0.110. The summed E-state index contributed by atoms with van der Waals surface area (Å²) in [5, 5.41) is 14.1. The zero-order valence-electron chi connectivity index (χ0n) is 11.2. The van der Waals surface area contributed by atoms with E-state index in [4.69, 9.17) is 11.6 Å². The smallest absolute Gasteiger partial charge is 0.259 e.